The molecule has 1 aliphatic rings. The number of esters is 1. The number of fused-ring (bicyclic) bond motifs is 1. The van der Waals surface area contributed by atoms with Crippen LogP contribution in [0, 0.1) is 0 Å². The first kappa shape index (κ1) is 22.8. The van der Waals surface area contributed by atoms with Crippen LogP contribution in [0.2, 0.25) is 0 Å². The van der Waals surface area contributed by atoms with Crippen molar-refractivity contribution in [2.24, 2.45) is 0 Å². The number of ketones is 1. The number of benzene rings is 2. The zero-order valence-corrected chi connectivity index (χ0v) is 18.8. The van der Waals surface area contributed by atoms with Gasteiger partial charge in [0.05, 0.1) is 23.8 Å². The van der Waals surface area contributed by atoms with Gasteiger partial charge >= 0.3 is 5.97 Å². The molecule has 166 valence electrons. The average molecular weight is 467 g/mol. The molecule has 1 aliphatic heterocycles. The standard InChI is InChI=1S/C20H22N2O7S2/c1-13(19(23)14-4-7-17(8-5-14)21-30(2,25)26)29-20(24)16-6-9-18-15(12-16)10-11-22(18)31(3,27)28/h4-9,12-13,21H,10-11H2,1-3H3. The van der Waals surface area contributed by atoms with Gasteiger partial charge in [-0.25, -0.2) is 21.6 Å². The minimum Gasteiger partial charge on any atom is -0.451 e. The number of sulfonamides is 2. The number of carbonyl (C=O) groups excluding carboxylic acids is 2. The van der Waals surface area contributed by atoms with Gasteiger partial charge in [0.25, 0.3) is 0 Å². The largest absolute Gasteiger partial charge is 0.451 e. The maximum atomic E-state index is 12.6. The molecular formula is C20H22N2O7S2. The molecule has 0 saturated carbocycles. The predicted molar refractivity (Wildman–Crippen MR) is 116 cm³/mol. The molecule has 0 spiro atoms. The average Bonchev–Trinajstić information content (AvgIpc) is 3.10. The van der Waals surface area contributed by atoms with E-state index in [2.05, 4.69) is 4.72 Å². The van der Waals surface area contributed by atoms with Crippen LogP contribution in [-0.2, 0) is 31.2 Å². The molecular weight excluding hydrogens is 444 g/mol. The molecule has 1 heterocycles. The van der Waals surface area contributed by atoms with Gasteiger partial charge in [-0.15, -0.1) is 0 Å². The first-order chi connectivity index (χ1) is 14.3. The second kappa shape index (κ2) is 8.31. The highest BCUT2D eigenvalue weighted by Gasteiger charge is 2.28. The van der Waals surface area contributed by atoms with Gasteiger partial charge in [-0.05, 0) is 61.4 Å². The molecule has 0 aromatic heterocycles. The second-order valence-corrected chi connectivity index (χ2v) is 10.9. The fourth-order valence-corrected chi connectivity index (χ4v) is 4.80. The van der Waals surface area contributed by atoms with Crippen LogP contribution < -0.4 is 9.03 Å². The summed E-state index contributed by atoms with van der Waals surface area (Å²) in [6.07, 6.45) is 1.56. The van der Waals surface area contributed by atoms with E-state index in [1.165, 1.54) is 41.6 Å². The molecule has 31 heavy (non-hydrogen) atoms. The predicted octanol–water partition coefficient (Wildman–Crippen LogP) is 1.81. The molecule has 3 rings (SSSR count). The van der Waals surface area contributed by atoms with E-state index in [4.69, 9.17) is 4.74 Å². The zero-order chi connectivity index (χ0) is 23.0. The number of carbonyl (C=O) groups is 2. The van der Waals surface area contributed by atoms with Crippen LogP contribution >= 0.6 is 0 Å². The highest BCUT2D eigenvalue weighted by Crippen LogP contribution is 2.31. The quantitative estimate of drug-likeness (QED) is 0.487. The lowest BCUT2D eigenvalue weighted by Gasteiger charge is -2.17. The Labute approximate surface area is 181 Å². The SMILES string of the molecule is CC(OC(=O)c1ccc2c(c1)CCN2S(C)(=O)=O)C(=O)c1ccc(NS(C)(=O)=O)cc1. The molecule has 0 aliphatic carbocycles. The molecule has 11 heteroatoms. The smallest absolute Gasteiger partial charge is 0.338 e. The molecule has 0 amide bonds. The lowest BCUT2D eigenvalue weighted by molar-refractivity contribution is 0.0319. The maximum Gasteiger partial charge on any atom is 0.338 e. The lowest BCUT2D eigenvalue weighted by Crippen LogP contribution is -2.27. The van der Waals surface area contributed by atoms with Crippen LogP contribution in [0.25, 0.3) is 0 Å². The normalized spacial score (nSPS) is 14.6. The summed E-state index contributed by atoms with van der Waals surface area (Å²) in [4.78, 5) is 25.1. The van der Waals surface area contributed by atoms with E-state index in [0.717, 1.165) is 12.5 Å². The fraction of sp³-hybridized carbons (Fsp3) is 0.300. The van der Waals surface area contributed by atoms with E-state index in [-0.39, 0.29) is 11.1 Å². The van der Waals surface area contributed by atoms with E-state index < -0.39 is 37.9 Å². The molecule has 0 bridgehead atoms. The molecule has 0 radical (unpaired) electrons. The van der Waals surface area contributed by atoms with Gasteiger partial charge in [-0.1, -0.05) is 0 Å². The van der Waals surface area contributed by atoms with Gasteiger partial charge in [-0.3, -0.25) is 13.8 Å². The van der Waals surface area contributed by atoms with Crippen LogP contribution in [0.15, 0.2) is 42.5 Å². The molecule has 2 aromatic rings. The number of nitrogens with zero attached hydrogens (tertiary/aromatic N) is 1. The summed E-state index contributed by atoms with van der Waals surface area (Å²) in [7, 11) is -6.82. The second-order valence-electron chi connectivity index (χ2n) is 7.29. The number of hydrogen-bond acceptors (Lipinski definition) is 7. The molecule has 1 N–H and O–H groups in total. The summed E-state index contributed by atoms with van der Waals surface area (Å²) in [5.74, 6) is -1.14. The van der Waals surface area contributed by atoms with Crippen LogP contribution in [-0.4, -0.2) is 53.7 Å². The summed E-state index contributed by atoms with van der Waals surface area (Å²) in [6.45, 7) is 1.76. The number of Topliss-reactive ketones (excluding diaryl/α,β-unsaturated/α-hetero) is 1. The van der Waals surface area contributed by atoms with Gasteiger partial charge < -0.3 is 4.74 Å². The van der Waals surface area contributed by atoms with E-state index in [0.29, 0.717) is 29.9 Å². The van der Waals surface area contributed by atoms with E-state index in [9.17, 15) is 26.4 Å². The van der Waals surface area contributed by atoms with E-state index in [1.807, 2.05) is 0 Å². The van der Waals surface area contributed by atoms with Crippen LogP contribution in [0.3, 0.4) is 0 Å². The molecule has 0 saturated heterocycles. The molecule has 1 unspecified atom stereocenters. The Bertz CT molecular complexity index is 1240. The van der Waals surface area contributed by atoms with Crippen molar-refractivity contribution in [3.05, 3.63) is 59.2 Å². The van der Waals surface area contributed by atoms with Gasteiger partial charge in [-0.2, -0.15) is 0 Å². The topological polar surface area (TPSA) is 127 Å². The Balaban J connectivity index is 1.69. The Kier molecular flexibility index (Phi) is 6.10. The Hall–Kier alpha value is -2.92. The minimum atomic E-state index is -3.43. The highest BCUT2D eigenvalue weighted by molar-refractivity contribution is 7.92. The van der Waals surface area contributed by atoms with E-state index >= 15 is 0 Å². The molecule has 2 aromatic carbocycles. The molecule has 9 nitrogen and oxygen atoms in total. The van der Waals surface area contributed by atoms with E-state index in [1.54, 1.807) is 12.1 Å². The Morgan fingerprint density at radius 2 is 1.61 bits per heavy atom. The number of nitrogens with one attached hydrogen (secondary N) is 1. The zero-order valence-electron chi connectivity index (χ0n) is 17.2. The van der Waals surface area contributed by atoms with Crippen molar-refractivity contribution in [1.82, 2.24) is 0 Å². The third-order valence-electron chi connectivity index (χ3n) is 4.69. The van der Waals surface area contributed by atoms with Crippen molar-refractivity contribution >= 4 is 43.2 Å². The van der Waals surface area contributed by atoms with Crippen molar-refractivity contribution in [1.29, 1.82) is 0 Å². The highest BCUT2D eigenvalue weighted by atomic mass is 32.2. The van der Waals surface area contributed by atoms with Crippen molar-refractivity contribution in [2.75, 3.05) is 28.1 Å². The van der Waals surface area contributed by atoms with Crippen LogP contribution in [0.5, 0.6) is 0 Å². The molecule has 1 atom stereocenters. The maximum absolute atomic E-state index is 12.6. The first-order valence-corrected chi connectivity index (χ1v) is 13.0. The fourth-order valence-electron chi connectivity index (χ4n) is 3.28. The summed E-state index contributed by atoms with van der Waals surface area (Å²) >= 11 is 0. The van der Waals surface area contributed by atoms with Gasteiger partial charge in [0, 0.05) is 17.8 Å². The van der Waals surface area contributed by atoms with Gasteiger partial charge in [0.1, 0.15) is 0 Å². The number of ether oxygens (including phenoxy) is 1. The Morgan fingerprint density at radius 1 is 1.00 bits per heavy atom. The van der Waals surface area contributed by atoms with Crippen LogP contribution in [0.4, 0.5) is 11.4 Å². The van der Waals surface area contributed by atoms with Crippen molar-refractivity contribution in [2.45, 2.75) is 19.4 Å². The number of hydrogen-bond donors (Lipinski definition) is 1. The van der Waals surface area contributed by atoms with Crippen molar-refractivity contribution < 1.29 is 31.2 Å². The minimum absolute atomic E-state index is 0.224. The van der Waals surface area contributed by atoms with Gasteiger partial charge in [0.15, 0.2) is 6.10 Å². The summed E-state index contributed by atoms with van der Waals surface area (Å²) in [5.41, 5.74) is 2.04. The summed E-state index contributed by atoms with van der Waals surface area (Å²) in [5, 5.41) is 0. The van der Waals surface area contributed by atoms with Crippen molar-refractivity contribution in [3.63, 3.8) is 0 Å². The first-order valence-electron chi connectivity index (χ1n) is 9.29. The number of anilines is 2. The third-order valence-corrected chi connectivity index (χ3v) is 6.48. The number of rotatable bonds is 7. The molecule has 0 fully saturated rings. The monoisotopic (exact) mass is 466 g/mol. The summed E-state index contributed by atoms with van der Waals surface area (Å²) < 4.78 is 55.0. The van der Waals surface area contributed by atoms with Crippen molar-refractivity contribution in [3.8, 4) is 0 Å². The third kappa shape index (κ3) is 5.42. The summed E-state index contributed by atoms with van der Waals surface area (Å²) in [6, 6.07) is 10.4. The Morgan fingerprint density at radius 3 is 2.19 bits per heavy atom. The van der Waals surface area contributed by atoms with Gasteiger partial charge in [0.2, 0.25) is 25.8 Å². The lowest BCUT2D eigenvalue weighted by atomic mass is 10.1. The van der Waals surface area contributed by atoms with Crippen LogP contribution in [0.1, 0.15) is 33.2 Å².